The van der Waals surface area contributed by atoms with Crippen molar-refractivity contribution in [2.75, 3.05) is 0 Å². The van der Waals surface area contributed by atoms with Crippen LogP contribution in [0.1, 0.15) is 10.6 Å². The van der Waals surface area contributed by atoms with Crippen molar-refractivity contribution in [3.63, 3.8) is 0 Å². The number of aromatic carboxylic acids is 1. The van der Waals surface area contributed by atoms with E-state index in [9.17, 15) is 4.79 Å². The highest BCUT2D eigenvalue weighted by Gasteiger charge is 2.09. The highest BCUT2D eigenvalue weighted by atomic mass is 79.9. The van der Waals surface area contributed by atoms with E-state index in [4.69, 9.17) is 5.11 Å². The van der Waals surface area contributed by atoms with Gasteiger partial charge < -0.3 is 10.1 Å². The number of aromatic nitrogens is 2. The molecule has 0 fully saturated rings. The van der Waals surface area contributed by atoms with Gasteiger partial charge in [0, 0.05) is 0 Å². The second-order valence-corrected chi connectivity index (χ2v) is 5.02. The van der Waals surface area contributed by atoms with Crippen molar-refractivity contribution in [2.24, 2.45) is 0 Å². The molecule has 2 heterocycles. The first kappa shape index (κ1) is 9.42. The molecule has 0 unspecified atom stereocenters. The van der Waals surface area contributed by atoms with Crippen LogP contribution in [0.15, 0.2) is 22.1 Å². The average Bonchev–Trinajstić information content (AvgIpc) is 2.70. The van der Waals surface area contributed by atoms with Gasteiger partial charge in [0.05, 0.1) is 20.6 Å². The lowest BCUT2D eigenvalue weighted by Gasteiger charge is -1.88. The van der Waals surface area contributed by atoms with Crippen LogP contribution in [0.3, 0.4) is 0 Å². The van der Waals surface area contributed by atoms with E-state index in [1.165, 1.54) is 17.5 Å². The van der Waals surface area contributed by atoms with Crippen LogP contribution in [0.4, 0.5) is 0 Å². The molecule has 6 heteroatoms. The molecule has 0 spiro atoms. The quantitative estimate of drug-likeness (QED) is 0.883. The fraction of sp³-hybridized carbons (Fsp3) is 0. The molecule has 0 radical (unpaired) electrons. The van der Waals surface area contributed by atoms with Gasteiger partial charge in [0.2, 0.25) is 5.82 Å². The van der Waals surface area contributed by atoms with E-state index in [0.29, 0.717) is 0 Å². The van der Waals surface area contributed by atoms with Gasteiger partial charge in [0.1, 0.15) is 0 Å². The van der Waals surface area contributed by atoms with E-state index in [2.05, 4.69) is 25.9 Å². The summed E-state index contributed by atoms with van der Waals surface area (Å²) in [6, 6.07) is 3.80. The Morgan fingerprint density at radius 1 is 1.57 bits per heavy atom. The third kappa shape index (κ3) is 1.71. The SMILES string of the molecule is O=C(O)c1ncc(-c2ccc(Br)s2)[nH]1. The van der Waals surface area contributed by atoms with E-state index < -0.39 is 5.97 Å². The molecule has 0 amide bonds. The van der Waals surface area contributed by atoms with Crippen molar-refractivity contribution in [3.8, 4) is 10.6 Å². The lowest BCUT2D eigenvalue weighted by atomic mass is 10.4. The maximum Gasteiger partial charge on any atom is 0.371 e. The number of halogens is 1. The smallest absolute Gasteiger partial charge is 0.371 e. The highest BCUT2D eigenvalue weighted by molar-refractivity contribution is 9.11. The molecule has 0 aliphatic heterocycles. The zero-order valence-electron chi connectivity index (χ0n) is 6.82. The Hall–Kier alpha value is -1.14. The zero-order chi connectivity index (χ0) is 10.1. The summed E-state index contributed by atoms with van der Waals surface area (Å²) < 4.78 is 0.999. The molecule has 72 valence electrons. The first-order valence-electron chi connectivity index (χ1n) is 3.71. The van der Waals surface area contributed by atoms with Gasteiger partial charge in [-0.25, -0.2) is 9.78 Å². The molecule has 2 aromatic heterocycles. The van der Waals surface area contributed by atoms with Crippen molar-refractivity contribution >= 4 is 33.2 Å². The van der Waals surface area contributed by atoms with E-state index in [1.807, 2.05) is 12.1 Å². The van der Waals surface area contributed by atoms with Crippen molar-refractivity contribution in [1.29, 1.82) is 0 Å². The number of nitrogens with one attached hydrogen (secondary N) is 1. The Labute approximate surface area is 91.7 Å². The number of carbonyl (C=O) groups is 1. The van der Waals surface area contributed by atoms with Gasteiger partial charge in [0.25, 0.3) is 0 Å². The number of thiophene rings is 1. The summed E-state index contributed by atoms with van der Waals surface area (Å²) in [6.07, 6.45) is 1.52. The second kappa shape index (κ2) is 3.55. The van der Waals surface area contributed by atoms with E-state index >= 15 is 0 Å². The Kier molecular flexibility index (Phi) is 2.39. The monoisotopic (exact) mass is 272 g/mol. The predicted molar refractivity (Wildman–Crippen MR) is 56.6 cm³/mol. The lowest BCUT2D eigenvalue weighted by Crippen LogP contribution is -1.97. The Morgan fingerprint density at radius 3 is 2.86 bits per heavy atom. The fourth-order valence-corrected chi connectivity index (χ4v) is 2.37. The molecule has 0 aliphatic carbocycles. The van der Waals surface area contributed by atoms with Crippen LogP contribution >= 0.6 is 27.3 Å². The van der Waals surface area contributed by atoms with Crippen molar-refractivity contribution in [2.45, 2.75) is 0 Å². The first-order valence-corrected chi connectivity index (χ1v) is 5.32. The maximum atomic E-state index is 10.6. The van der Waals surface area contributed by atoms with E-state index in [-0.39, 0.29) is 5.82 Å². The predicted octanol–water partition coefficient (Wildman–Crippen LogP) is 2.60. The number of H-pyrrole nitrogens is 1. The van der Waals surface area contributed by atoms with Crippen LogP contribution in [0.25, 0.3) is 10.6 Å². The van der Waals surface area contributed by atoms with Crippen LogP contribution in [-0.4, -0.2) is 21.0 Å². The normalized spacial score (nSPS) is 10.4. The molecular weight excluding hydrogens is 268 g/mol. The lowest BCUT2D eigenvalue weighted by molar-refractivity contribution is 0.0685. The summed E-state index contributed by atoms with van der Waals surface area (Å²) >= 11 is 4.85. The summed E-state index contributed by atoms with van der Waals surface area (Å²) in [5, 5.41) is 8.65. The number of hydrogen-bond donors (Lipinski definition) is 2. The molecule has 2 rings (SSSR count). The average molecular weight is 273 g/mol. The molecule has 4 nitrogen and oxygen atoms in total. The Bertz CT molecular complexity index is 477. The number of carboxylic acids is 1. The molecular formula is C8H5BrN2O2S. The number of rotatable bonds is 2. The second-order valence-electron chi connectivity index (χ2n) is 2.55. The molecule has 0 aromatic carbocycles. The highest BCUT2D eigenvalue weighted by Crippen LogP contribution is 2.29. The zero-order valence-corrected chi connectivity index (χ0v) is 9.22. The number of hydrogen-bond acceptors (Lipinski definition) is 3. The minimum absolute atomic E-state index is 0.0375. The van der Waals surface area contributed by atoms with Crippen LogP contribution in [0.5, 0.6) is 0 Å². The Balaban J connectivity index is 2.38. The summed E-state index contributed by atoms with van der Waals surface area (Å²) in [6.45, 7) is 0. The molecule has 0 saturated heterocycles. The standard InChI is InChI=1S/C8H5BrN2O2S/c9-6-2-1-5(14-6)4-3-10-7(11-4)8(12)13/h1-3H,(H,10,11)(H,12,13). The van der Waals surface area contributed by atoms with Gasteiger partial charge in [-0.1, -0.05) is 0 Å². The summed E-state index contributed by atoms with van der Waals surface area (Å²) in [4.78, 5) is 18.0. The summed E-state index contributed by atoms with van der Waals surface area (Å²) in [5.41, 5.74) is 0.720. The number of aromatic amines is 1. The van der Waals surface area contributed by atoms with Gasteiger partial charge in [0.15, 0.2) is 0 Å². The minimum Gasteiger partial charge on any atom is -0.475 e. The summed E-state index contributed by atoms with van der Waals surface area (Å²) in [7, 11) is 0. The van der Waals surface area contributed by atoms with Crippen LogP contribution < -0.4 is 0 Å². The van der Waals surface area contributed by atoms with Gasteiger partial charge in [-0.2, -0.15) is 0 Å². The summed E-state index contributed by atoms with van der Waals surface area (Å²) in [5.74, 6) is -1.09. The van der Waals surface area contributed by atoms with Gasteiger partial charge in [-0.05, 0) is 28.1 Å². The van der Waals surface area contributed by atoms with Crippen LogP contribution in [-0.2, 0) is 0 Å². The van der Waals surface area contributed by atoms with Gasteiger partial charge >= 0.3 is 5.97 Å². The number of nitrogens with zero attached hydrogens (tertiary/aromatic N) is 1. The first-order chi connectivity index (χ1) is 6.66. The van der Waals surface area contributed by atoms with Crippen molar-refractivity contribution in [1.82, 2.24) is 9.97 Å². The molecule has 0 saturated carbocycles. The minimum atomic E-state index is -1.05. The van der Waals surface area contributed by atoms with Crippen LogP contribution in [0, 0.1) is 0 Å². The number of carboxylic acid groups (broad SMARTS) is 1. The molecule has 14 heavy (non-hydrogen) atoms. The molecule has 0 aliphatic rings. The molecule has 2 N–H and O–H groups in total. The molecule has 2 aromatic rings. The van der Waals surface area contributed by atoms with Gasteiger partial charge in [-0.3, -0.25) is 0 Å². The van der Waals surface area contributed by atoms with E-state index in [0.717, 1.165) is 14.4 Å². The fourth-order valence-electron chi connectivity index (χ4n) is 1.01. The largest absolute Gasteiger partial charge is 0.475 e. The molecule has 0 atom stereocenters. The van der Waals surface area contributed by atoms with Crippen LogP contribution in [0.2, 0.25) is 0 Å². The Morgan fingerprint density at radius 2 is 2.36 bits per heavy atom. The molecule has 0 bridgehead atoms. The third-order valence-electron chi connectivity index (χ3n) is 1.62. The number of imidazole rings is 1. The van der Waals surface area contributed by atoms with Crippen molar-refractivity contribution < 1.29 is 9.90 Å². The van der Waals surface area contributed by atoms with E-state index in [1.54, 1.807) is 0 Å². The van der Waals surface area contributed by atoms with Crippen molar-refractivity contribution in [3.05, 3.63) is 27.9 Å². The maximum absolute atomic E-state index is 10.6. The van der Waals surface area contributed by atoms with Gasteiger partial charge in [-0.15, -0.1) is 11.3 Å². The topological polar surface area (TPSA) is 66.0 Å². The third-order valence-corrected chi connectivity index (χ3v) is 3.27.